The Morgan fingerprint density at radius 3 is 2.61 bits per heavy atom. The summed E-state index contributed by atoms with van der Waals surface area (Å²) in [6.07, 6.45) is 0. The van der Waals surface area contributed by atoms with Gasteiger partial charge in [-0.05, 0) is 47.5 Å². The SMILES string of the molecule is CNc1nc(C)cc(Oc2ccc(C)cc2Br)n1. The van der Waals surface area contributed by atoms with Crippen LogP contribution in [0.4, 0.5) is 5.95 Å². The van der Waals surface area contributed by atoms with Gasteiger partial charge in [-0.3, -0.25) is 0 Å². The van der Waals surface area contributed by atoms with Crippen LogP contribution in [-0.4, -0.2) is 17.0 Å². The summed E-state index contributed by atoms with van der Waals surface area (Å²) in [4.78, 5) is 8.46. The average Bonchev–Trinajstić information content (AvgIpc) is 2.32. The maximum Gasteiger partial charge on any atom is 0.225 e. The Bertz CT molecular complexity index is 572. The summed E-state index contributed by atoms with van der Waals surface area (Å²) < 4.78 is 6.66. The Morgan fingerprint density at radius 2 is 1.94 bits per heavy atom. The Labute approximate surface area is 115 Å². The maximum atomic E-state index is 5.75. The van der Waals surface area contributed by atoms with Gasteiger partial charge in [0, 0.05) is 18.8 Å². The molecule has 0 radical (unpaired) electrons. The van der Waals surface area contributed by atoms with Crippen LogP contribution < -0.4 is 10.1 Å². The first-order chi connectivity index (χ1) is 8.58. The molecule has 18 heavy (non-hydrogen) atoms. The van der Waals surface area contributed by atoms with Gasteiger partial charge in [0.05, 0.1) is 4.47 Å². The van der Waals surface area contributed by atoms with E-state index in [4.69, 9.17) is 4.74 Å². The minimum atomic E-state index is 0.524. The van der Waals surface area contributed by atoms with Gasteiger partial charge in [-0.2, -0.15) is 4.98 Å². The van der Waals surface area contributed by atoms with Crippen molar-refractivity contribution in [1.29, 1.82) is 0 Å². The molecule has 0 aliphatic heterocycles. The van der Waals surface area contributed by atoms with E-state index in [1.165, 1.54) is 5.56 Å². The molecule has 0 saturated carbocycles. The van der Waals surface area contributed by atoms with Crippen molar-refractivity contribution in [2.45, 2.75) is 13.8 Å². The largest absolute Gasteiger partial charge is 0.438 e. The van der Waals surface area contributed by atoms with Gasteiger partial charge in [-0.1, -0.05) is 6.07 Å². The van der Waals surface area contributed by atoms with Crippen LogP contribution in [0.25, 0.3) is 0 Å². The van der Waals surface area contributed by atoms with Gasteiger partial charge in [0.1, 0.15) is 5.75 Å². The van der Waals surface area contributed by atoms with E-state index in [9.17, 15) is 0 Å². The Hall–Kier alpha value is -1.62. The van der Waals surface area contributed by atoms with Crippen molar-refractivity contribution in [2.75, 3.05) is 12.4 Å². The average molecular weight is 308 g/mol. The molecule has 1 aromatic carbocycles. The molecule has 94 valence electrons. The van der Waals surface area contributed by atoms with E-state index in [1.54, 1.807) is 13.1 Å². The molecular weight excluding hydrogens is 294 g/mol. The number of anilines is 1. The summed E-state index contributed by atoms with van der Waals surface area (Å²) in [6, 6.07) is 7.71. The van der Waals surface area contributed by atoms with E-state index in [2.05, 4.69) is 31.2 Å². The smallest absolute Gasteiger partial charge is 0.225 e. The lowest BCUT2D eigenvalue weighted by atomic mass is 10.2. The molecule has 0 fully saturated rings. The molecule has 0 amide bonds. The van der Waals surface area contributed by atoms with Crippen molar-refractivity contribution in [1.82, 2.24) is 9.97 Å². The normalized spacial score (nSPS) is 10.2. The molecule has 2 aromatic rings. The molecular formula is C13H14BrN3O. The van der Waals surface area contributed by atoms with Crippen molar-refractivity contribution >= 4 is 21.9 Å². The number of nitrogens with zero attached hydrogens (tertiary/aromatic N) is 2. The van der Waals surface area contributed by atoms with E-state index >= 15 is 0 Å². The maximum absolute atomic E-state index is 5.75. The summed E-state index contributed by atoms with van der Waals surface area (Å²) >= 11 is 3.47. The summed E-state index contributed by atoms with van der Waals surface area (Å²) in [5, 5.41) is 2.90. The lowest BCUT2D eigenvalue weighted by Gasteiger charge is -2.09. The molecule has 0 unspecified atom stereocenters. The highest BCUT2D eigenvalue weighted by molar-refractivity contribution is 9.10. The van der Waals surface area contributed by atoms with Crippen molar-refractivity contribution in [3.8, 4) is 11.6 Å². The van der Waals surface area contributed by atoms with Crippen LogP contribution in [0.2, 0.25) is 0 Å². The third kappa shape index (κ3) is 2.98. The number of ether oxygens (including phenoxy) is 1. The Balaban J connectivity index is 2.30. The minimum absolute atomic E-state index is 0.524. The summed E-state index contributed by atoms with van der Waals surface area (Å²) in [5.41, 5.74) is 2.02. The van der Waals surface area contributed by atoms with Gasteiger partial charge in [0.15, 0.2) is 0 Å². The molecule has 0 aliphatic rings. The van der Waals surface area contributed by atoms with Crippen LogP contribution in [-0.2, 0) is 0 Å². The molecule has 0 saturated heterocycles. The van der Waals surface area contributed by atoms with E-state index < -0.39 is 0 Å². The summed E-state index contributed by atoms with van der Waals surface area (Å²) in [6.45, 7) is 3.93. The Morgan fingerprint density at radius 1 is 1.17 bits per heavy atom. The second kappa shape index (κ2) is 5.35. The van der Waals surface area contributed by atoms with Gasteiger partial charge >= 0.3 is 0 Å². The highest BCUT2D eigenvalue weighted by atomic mass is 79.9. The van der Waals surface area contributed by atoms with Gasteiger partial charge in [-0.15, -0.1) is 0 Å². The van der Waals surface area contributed by atoms with Crippen LogP contribution in [0.5, 0.6) is 11.6 Å². The van der Waals surface area contributed by atoms with Crippen LogP contribution in [0.1, 0.15) is 11.3 Å². The summed E-state index contributed by atoms with van der Waals surface area (Å²) in [7, 11) is 1.78. The molecule has 0 spiro atoms. The molecule has 0 bridgehead atoms. The monoisotopic (exact) mass is 307 g/mol. The standard InChI is InChI=1S/C13H14BrN3O/c1-8-4-5-11(10(14)6-8)18-12-7-9(2)16-13(15-3)17-12/h4-7H,1-3H3,(H,15,16,17). The molecule has 1 N–H and O–H groups in total. The van der Waals surface area contributed by atoms with Gasteiger partial charge < -0.3 is 10.1 Å². The molecule has 4 nitrogen and oxygen atoms in total. The van der Waals surface area contributed by atoms with Crippen LogP contribution in [0, 0.1) is 13.8 Å². The topological polar surface area (TPSA) is 47.0 Å². The second-order valence-electron chi connectivity index (χ2n) is 3.96. The van der Waals surface area contributed by atoms with Crippen molar-refractivity contribution in [2.24, 2.45) is 0 Å². The predicted molar refractivity (Wildman–Crippen MR) is 75.3 cm³/mol. The molecule has 1 heterocycles. The zero-order valence-electron chi connectivity index (χ0n) is 10.5. The number of aryl methyl sites for hydroxylation is 2. The first-order valence-electron chi connectivity index (χ1n) is 5.56. The number of nitrogens with one attached hydrogen (secondary N) is 1. The molecule has 1 aromatic heterocycles. The second-order valence-corrected chi connectivity index (χ2v) is 4.81. The fraction of sp³-hybridized carbons (Fsp3) is 0.231. The number of hydrogen-bond donors (Lipinski definition) is 1. The number of halogens is 1. The van der Waals surface area contributed by atoms with Crippen LogP contribution in [0.15, 0.2) is 28.7 Å². The first kappa shape index (κ1) is 12.8. The fourth-order valence-corrected chi connectivity index (χ4v) is 2.08. The van der Waals surface area contributed by atoms with Gasteiger partial charge in [0.2, 0.25) is 11.8 Å². The number of benzene rings is 1. The molecule has 0 atom stereocenters. The Kier molecular flexibility index (Phi) is 3.81. The molecule has 2 rings (SSSR count). The van der Waals surface area contributed by atoms with Crippen LogP contribution >= 0.6 is 15.9 Å². The predicted octanol–water partition coefficient (Wildman–Crippen LogP) is 3.69. The zero-order valence-corrected chi connectivity index (χ0v) is 12.1. The number of aromatic nitrogens is 2. The van der Waals surface area contributed by atoms with E-state index in [0.29, 0.717) is 11.8 Å². The fourth-order valence-electron chi connectivity index (χ4n) is 1.51. The van der Waals surface area contributed by atoms with Gasteiger partial charge in [0.25, 0.3) is 0 Å². The highest BCUT2D eigenvalue weighted by Gasteiger charge is 2.06. The van der Waals surface area contributed by atoms with Crippen LogP contribution in [0.3, 0.4) is 0 Å². The molecule has 0 aliphatic carbocycles. The molecule has 5 heteroatoms. The van der Waals surface area contributed by atoms with Crippen molar-refractivity contribution in [3.63, 3.8) is 0 Å². The zero-order chi connectivity index (χ0) is 13.1. The van der Waals surface area contributed by atoms with Crippen molar-refractivity contribution in [3.05, 3.63) is 40.0 Å². The lowest BCUT2D eigenvalue weighted by Crippen LogP contribution is -1.99. The lowest BCUT2D eigenvalue weighted by molar-refractivity contribution is 0.459. The quantitative estimate of drug-likeness (QED) is 0.939. The highest BCUT2D eigenvalue weighted by Crippen LogP contribution is 2.29. The third-order valence-electron chi connectivity index (χ3n) is 2.36. The van der Waals surface area contributed by atoms with Gasteiger partial charge in [-0.25, -0.2) is 4.98 Å². The third-order valence-corrected chi connectivity index (χ3v) is 2.98. The number of hydrogen-bond acceptors (Lipinski definition) is 4. The minimum Gasteiger partial charge on any atom is -0.438 e. The van der Waals surface area contributed by atoms with E-state index in [0.717, 1.165) is 15.9 Å². The van der Waals surface area contributed by atoms with E-state index in [1.807, 2.05) is 32.0 Å². The number of rotatable bonds is 3. The first-order valence-corrected chi connectivity index (χ1v) is 6.35. The summed E-state index contributed by atoms with van der Waals surface area (Å²) in [5.74, 6) is 1.81. The van der Waals surface area contributed by atoms with E-state index in [-0.39, 0.29) is 0 Å². The van der Waals surface area contributed by atoms with Crippen molar-refractivity contribution < 1.29 is 4.74 Å².